The number of benzene rings is 2. The highest BCUT2D eigenvalue weighted by Gasteiger charge is 2.30. The Morgan fingerprint density at radius 2 is 1.90 bits per heavy atom. The molecule has 2 aromatic carbocycles. The van der Waals surface area contributed by atoms with Gasteiger partial charge in [0, 0.05) is 29.5 Å². The molecular formula is C22H21F4NO3. The van der Waals surface area contributed by atoms with Crippen molar-refractivity contribution >= 4 is 11.7 Å². The summed E-state index contributed by atoms with van der Waals surface area (Å²) in [4.78, 5) is 23.4. The van der Waals surface area contributed by atoms with Crippen LogP contribution in [-0.2, 0) is 11.2 Å². The summed E-state index contributed by atoms with van der Waals surface area (Å²) >= 11 is 0. The number of carbonyl (C=O) groups is 2. The lowest BCUT2D eigenvalue weighted by Gasteiger charge is -2.15. The van der Waals surface area contributed by atoms with Gasteiger partial charge in [-0.05, 0) is 49.2 Å². The molecule has 2 aromatic rings. The molecule has 1 amide bonds. The van der Waals surface area contributed by atoms with Gasteiger partial charge < -0.3 is 10.1 Å². The number of ether oxygens (including phenoxy) is 1. The minimum absolute atomic E-state index is 0.0415. The van der Waals surface area contributed by atoms with E-state index >= 15 is 0 Å². The molecule has 1 aliphatic rings. The summed E-state index contributed by atoms with van der Waals surface area (Å²) in [5.41, 5.74) is 2.78. The standard InChI is InChI=1S/C22H21F4NO3/c1-12-7-15-9-16(11-27-20(29)5-6-22(24,25)26)30-21(15)18(8-12)17-10-14(13(2)28)3-4-19(17)23/h3-4,7-8,10,16H,5-6,9,11H2,1-2H3,(H,27,29)/t16-/m0/s1. The molecule has 0 aromatic heterocycles. The first-order valence-corrected chi connectivity index (χ1v) is 9.48. The molecule has 30 heavy (non-hydrogen) atoms. The molecule has 3 rings (SSSR count). The van der Waals surface area contributed by atoms with Crippen LogP contribution in [0.4, 0.5) is 17.6 Å². The zero-order valence-electron chi connectivity index (χ0n) is 16.5. The van der Waals surface area contributed by atoms with Gasteiger partial charge in [-0.25, -0.2) is 4.39 Å². The molecule has 0 radical (unpaired) electrons. The lowest BCUT2D eigenvalue weighted by atomic mass is 9.95. The van der Waals surface area contributed by atoms with E-state index in [0.717, 1.165) is 11.1 Å². The van der Waals surface area contributed by atoms with Gasteiger partial charge in [0.25, 0.3) is 0 Å². The van der Waals surface area contributed by atoms with Gasteiger partial charge in [0.15, 0.2) is 5.78 Å². The van der Waals surface area contributed by atoms with E-state index in [9.17, 15) is 27.2 Å². The molecule has 160 valence electrons. The van der Waals surface area contributed by atoms with E-state index in [1.807, 2.05) is 13.0 Å². The number of fused-ring (bicyclic) bond motifs is 1. The van der Waals surface area contributed by atoms with Crippen molar-refractivity contribution in [2.45, 2.75) is 45.4 Å². The van der Waals surface area contributed by atoms with E-state index in [1.165, 1.54) is 25.1 Å². The maximum atomic E-state index is 14.5. The first-order valence-electron chi connectivity index (χ1n) is 9.48. The molecule has 1 N–H and O–H groups in total. The van der Waals surface area contributed by atoms with Crippen molar-refractivity contribution < 1.29 is 31.9 Å². The van der Waals surface area contributed by atoms with Gasteiger partial charge in [0.1, 0.15) is 17.7 Å². The van der Waals surface area contributed by atoms with E-state index in [1.54, 1.807) is 6.07 Å². The van der Waals surface area contributed by atoms with E-state index < -0.39 is 36.8 Å². The molecule has 0 fully saturated rings. The van der Waals surface area contributed by atoms with E-state index in [0.29, 0.717) is 23.3 Å². The van der Waals surface area contributed by atoms with Crippen LogP contribution in [0.3, 0.4) is 0 Å². The Morgan fingerprint density at radius 3 is 2.57 bits per heavy atom. The van der Waals surface area contributed by atoms with Crippen LogP contribution >= 0.6 is 0 Å². The van der Waals surface area contributed by atoms with Crippen LogP contribution in [0.1, 0.15) is 41.3 Å². The predicted molar refractivity (Wildman–Crippen MR) is 103 cm³/mol. The van der Waals surface area contributed by atoms with Crippen LogP contribution in [0.25, 0.3) is 11.1 Å². The van der Waals surface area contributed by atoms with Crippen LogP contribution in [-0.4, -0.2) is 30.5 Å². The predicted octanol–water partition coefficient (Wildman–Crippen LogP) is 4.77. The number of halogens is 4. The van der Waals surface area contributed by atoms with E-state index in [-0.39, 0.29) is 17.9 Å². The minimum atomic E-state index is -4.39. The van der Waals surface area contributed by atoms with Gasteiger partial charge in [0.05, 0.1) is 13.0 Å². The fourth-order valence-electron chi connectivity index (χ4n) is 3.43. The maximum Gasteiger partial charge on any atom is 0.389 e. The van der Waals surface area contributed by atoms with Crippen LogP contribution < -0.4 is 10.1 Å². The number of hydrogen-bond acceptors (Lipinski definition) is 3. The Bertz CT molecular complexity index is 985. The molecule has 0 aliphatic carbocycles. The van der Waals surface area contributed by atoms with Gasteiger partial charge in [0.2, 0.25) is 5.91 Å². The van der Waals surface area contributed by atoms with Gasteiger partial charge in [-0.3, -0.25) is 9.59 Å². The molecular weight excluding hydrogens is 402 g/mol. The van der Waals surface area contributed by atoms with Crippen molar-refractivity contribution in [3.63, 3.8) is 0 Å². The maximum absolute atomic E-state index is 14.5. The number of nitrogens with one attached hydrogen (secondary N) is 1. The third kappa shape index (κ3) is 5.17. The van der Waals surface area contributed by atoms with Crippen molar-refractivity contribution in [3.8, 4) is 16.9 Å². The Hall–Kier alpha value is -2.90. The van der Waals surface area contributed by atoms with E-state index in [2.05, 4.69) is 5.32 Å². The van der Waals surface area contributed by atoms with Crippen LogP contribution in [0.2, 0.25) is 0 Å². The molecule has 8 heteroatoms. The Labute approximate surface area is 171 Å². The monoisotopic (exact) mass is 423 g/mol. The highest BCUT2D eigenvalue weighted by molar-refractivity contribution is 5.95. The smallest absolute Gasteiger partial charge is 0.389 e. The number of Topliss-reactive ketones (excluding diaryl/α,β-unsaturated/α-hetero) is 1. The number of rotatable bonds is 6. The topological polar surface area (TPSA) is 55.4 Å². The molecule has 0 saturated carbocycles. The number of carbonyl (C=O) groups excluding carboxylic acids is 2. The van der Waals surface area contributed by atoms with Crippen molar-refractivity contribution in [1.29, 1.82) is 0 Å². The third-order valence-electron chi connectivity index (χ3n) is 4.87. The fourth-order valence-corrected chi connectivity index (χ4v) is 3.43. The summed E-state index contributed by atoms with van der Waals surface area (Å²) in [6.07, 6.45) is -6.26. The average Bonchev–Trinajstić information content (AvgIpc) is 3.06. The Kier molecular flexibility index (Phi) is 6.14. The molecule has 0 unspecified atom stereocenters. The van der Waals surface area contributed by atoms with Gasteiger partial charge >= 0.3 is 6.18 Å². The lowest BCUT2D eigenvalue weighted by Crippen LogP contribution is -2.34. The molecule has 1 aliphatic heterocycles. The fraction of sp³-hybridized carbons (Fsp3) is 0.364. The molecule has 1 heterocycles. The number of ketones is 1. The SMILES string of the molecule is CC(=O)c1ccc(F)c(-c2cc(C)cc3c2O[C@H](CNC(=O)CCC(F)(F)F)C3)c1. The Balaban J connectivity index is 1.77. The summed E-state index contributed by atoms with van der Waals surface area (Å²) < 4.78 is 57.1. The Morgan fingerprint density at radius 1 is 1.17 bits per heavy atom. The second kappa shape index (κ2) is 8.45. The van der Waals surface area contributed by atoms with Crippen LogP contribution in [0.15, 0.2) is 30.3 Å². The first kappa shape index (κ1) is 21.8. The summed E-state index contributed by atoms with van der Waals surface area (Å²) in [6.45, 7) is 3.29. The summed E-state index contributed by atoms with van der Waals surface area (Å²) in [7, 11) is 0. The van der Waals surface area contributed by atoms with Crippen molar-refractivity contribution in [3.05, 3.63) is 52.8 Å². The van der Waals surface area contributed by atoms with Crippen molar-refractivity contribution in [1.82, 2.24) is 5.32 Å². The second-order valence-electron chi connectivity index (χ2n) is 7.41. The zero-order valence-corrected chi connectivity index (χ0v) is 16.5. The molecule has 0 spiro atoms. The summed E-state index contributed by atoms with van der Waals surface area (Å²) in [5, 5.41) is 2.46. The molecule has 0 saturated heterocycles. The number of alkyl halides is 3. The zero-order chi connectivity index (χ0) is 22.1. The van der Waals surface area contributed by atoms with Crippen LogP contribution in [0.5, 0.6) is 5.75 Å². The summed E-state index contributed by atoms with van der Waals surface area (Å²) in [5.74, 6) is -0.945. The normalized spacial score (nSPS) is 15.5. The third-order valence-corrected chi connectivity index (χ3v) is 4.87. The van der Waals surface area contributed by atoms with Gasteiger partial charge in [-0.1, -0.05) is 6.07 Å². The lowest BCUT2D eigenvalue weighted by molar-refractivity contribution is -0.144. The second-order valence-corrected chi connectivity index (χ2v) is 7.41. The van der Waals surface area contributed by atoms with Crippen molar-refractivity contribution in [2.75, 3.05) is 6.54 Å². The summed E-state index contributed by atoms with van der Waals surface area (Å²) in [6, 6.07) is 7.76. The van der Waals surface area contributed by atoms with Crippen LogP contribution in [0, 0.1) is 12.7 Å². The number of hydrogen-bond donors (Lipinski definition) is 1. The quantitative estimate of drug-likeness (QED) is 0.538. The van der Waals surface area contributed by atoms with Crippen molar-refractivity contribution in [2.24, 2.45) is 0 Å². The number of aryl methyl sites for hydroxylation is 1. The van der Waals surface area contributed by atoms with E-state index in [4.69, 9.17) is 4.74 Å². The number of amides is 1. The molecule has 4 nitrogen and oxygen atoms in total. The van der Waals surface area contributed by atoms with Gasteiger partial charge in [-0.2, -0.15) is 13.2 Å². The highest BCUT2D eigenvalue weighted by Crippen LogP contribution is 2.41. The molecule has 1 atom stereocenters. The van der Waals surface area contributed by atoms with Gasteiger partial charge in [-0.15, -0.1) is 0 Å². The first-order chi connectivity index (χ1) is 14.0. The largest absolute Gasteiger partial charge is 0.487 e. The molecule has 0 bridgehead atoms. The highest BCUT2D eigenvalue weighted by atomic mass is 19.4. The minimum Gasteiger partial charge on any atom is -0.487 e. The average molecular weight is 423 g/mol.